The Hall–Kier alpha value is -0.470. The van der Waals surface area contributed by atoms with Gasteiger partial charge in [0.05, 0.1) is 0 Å². The standard InChI is InChI=1S/C12H17NS/c1-14-9-11-4-2-10(3-5-11)8-13-12-6-7-12/h2-5,12-13H,6-9H2,1H3. The van der Waals surface area contributed by atoms with E-state index >= 15 is 0 Å². The lowest BCUT2D eigenvalue weighted by atomic mass is 10.1. The van der Waals surface area contributed by atoms with Crippen LogP contribution in [0.3, 0.4) is 0 Å². The number of hydrogen-bond donors (Lipinski definition) is 1. The fourth-order valence-corrected chi connectivity index (χ4v) is 2.00. The van der Waals surface area contributed by atoms with Gasteiger partial charge in [-0.15, -0.1) is 0 Å². The summed E-state index contributed by atoms with van der Waals surface area (Å²) < 4.78 is 0. The molecule has 1 aliphatic rings. The maximum absolute atomic E-state index is 3.52. The Morgan fingerprint density at radius 3 is 2.43 bits per heavy atom. The van der Waals surface area contributed by atoms with Gasteiger partial charge in [0, 0.05) is 18.3 Å². The summed E-state index contributed by atoms with van der Waals surface area (Å²) in [6, 6.07) is 9.75. The summed E-state index contributed by atoms with van der Waals surface area (Å²) in [5.41, 5.74) is 2.83. The minimum absolute atomic E-state index is 0.806. The highest BCUT2D eigenvalue weighted by atomic mass is 32.2. The van der Waals surface area contributed by atoms with E-state index in [1.807, 2.05) is 11.8 Å². The van der Waals surface area contributed by atoms with Gasteiger partial charge >= 0.3 is 0 Å². The molecular formula is C12H17NS. The van der Waals surface area contributed by atoms with Gasteiger partial charge in [-0.3, -0.25) is 0 Å². The molecule has 0 radical (unpaired) electrons. The maximum atomic E-state index is 3.52. The van der Waals surface area contributed by atoms with Crippen molar-refractivity contribution in [1.82, 2.24) is 5.32 Å². The third-order valence-corrected chi connectivity index (χ3v) is 3.13. The summed E-state index contributed by atoms with van der Waals surface area (Å²) in [6.07, 6.45) is 4.87. The van der Waals surface area contributed by atoms with Crippen molar-refractivity contribution in [1.29, 1.82) is 0 Å². The van der Waals surface area contributed by atoms with Gasteiger partial charge in [0.2, 0.25) is 0 Å². The van der Waals surface area contributed by atoms with Crippen molar-refractivity contribution in [2.75, 3.05) is 6.26 Å². The van der Waals surface area contributed by atoms with Crippen LogP contribution in [-0.2, 0) is 12.3 Å². The van der Waals surface area contributed by atoms with Crippen molar-refractivity contribution in [3.8, 4) is 0 Å². The summed E-state index contributed by atoms with van der Waals surface area (Å²) in [5.74, 6) is 1.12. The van der Waals surface area contributed by atoms with E-state index in [0.717, 1.165) is 18.3 Å². The van der Waals surface area contributed by atoms with Gasteiger partial charge in [-0.2, -0.15) is 11.8 Å². The highest BCUT2D eigenvalue weighted by Crippen LogP contribution is 2.19. The van der Waals surface area contributed by atoms with Crippen LogP contribution in [0, 0.1) is 0 Å². The van der Waals surface area contributed by atoms with Gasteiger partial charge < -0.3 is 5.32 Å². The monoisotopic (exact) mass is 207 g/mol. The Morgan fingerprint density at radius 2 is 1.86 bits per heavy atom. The van der Waals surface area contributed by atoms with Crippen LogP contribution in [0.4, 0.5) is 0 Å². The molecule has 1 saturated carbocycles. The van der Waals surface area contributed by atoms with Gasteiger partial charge in [0.1, 0.15) is 0 Å². The molecule has 0 unspecified atom stereocenters. The average Bonchev–Trinajstić information content (AvgIpc) is 3.01. The summed E-state index contributed by atoms with van der Waals surface area (Å²) >= 11 is 1.87. The first-order chi connectivity index (χ1) is 6.88. The van der Waals surface area contributed by atoms with Crippen molar-refractivity contribution in [3.05, 3.63) is 35.4 Å². The molecule has 14 heavy (non-hydrogen) atoms. The van der Waals surface area contributed by atoms with Crippen LogP contribution < -0.4 is 5.32 Å². The van der Waals surface area contributed by atoms with Crippen LogP contribution >= 0.6 is 11.8 Å². The molecule has 1 nitrogen and oxygen atoms in total. The van der Waals surface area contributed by atoms with Gasteiger partial charge in [-0.05, 0) is 30.2 Å². The van der Waals surface area contributed by atoms with Gasteiger partial charge in [-0.1, -0.05) is 24.3 Å². The summed E-state index contributed by atoms with van der Waals surface area (Å²) in [7, 11) is 0. The molecule has 0 heterocycles. The van der Waals surface area contributed by atoms with Crippen LogP contribution in [0.5, 0.6) is 0 Å². The van der Waals surface area contributed by atoms with Crippen LogP contribution in [0.15, 0.2) is 24.3 Å². The third kappa shape index (κ3) is 3.03. The van der Waals surface area contributed by atoms with E-state index in [2.05, 4.69) is 35.8 Å². The molecule has 0 amide bonds. The average molecular weight is 207 g/mol. The van der Waals surface area contributed by atoms with E-state index in [0.29, 0.717) is 0 Å². The second-order valence-electron chi connectivity index (χ2n) is 3.90. The lowest BCUT2D eigenvalue weighted by Gasteiger charge is -2.04. The summed E-state index contributed by atoms with van der Waals surface area (Å²) in [4.78, 5) is 0. The minimum atomic E-state index is 0.806. The van der Waals surface area contributed by atoms with E-state index in [9.17, 15) is 0 Å². The molecule has 1 aromatic rings. The first-order valence-corrected chi connectivity index (χ1v) is 6.58. The van der Waals surface area contributed by atoms with E-state index in [-0.39, 0.29) is 0 Å². The Kier molecular flexibility index (Phi) is 3.49. The Balaban J connectivity index is 1.84. The van der Waals surface area contributed by atoms with Crippen molar-refractivity contribution < 1.29 is 0 Å². The quantitative estimate of drug-likeness (QED) is 0.797. The van der Waals surface area contributed by atoms with E-state index in [1.165, 1.54) is 24.0 Å². The smallest absolute Gasteiger partial charge is 0.0208 e. The molecule has 76 valence electrons. The molecule has 1 aromatic carbocycles. The predicted molar refractivity (Wildman–Crippen MR) is 63.5 cm³/mol. The second-order valence-corrected chi connectivity index (χ2v) is 4.77. The zero-order valence-electron chi connectivity index (χ0n) is 8.62. The first kappa shape index (κ1) is 10.1. The van der Waals surface area contributed by atoms with Crippen LogP contribution in [-0.4, -0.2) is 12.3 Å². The number of benzene rings is 1. The molecule has 2 heteroatoms. The van der Waals surface area contributed by atoms with Crippen LogP contribution in [0.2, 0.25) is 0 Å². The maximum Gasteiger partial charge on any atom is 0.0208 e. The molecule has 1 N–H and O–H groups in total. The van der Waals surface area contributed by atoms with Gasteiger partial charge in [0.15, 0.2) is 0 Å². The highest BCUT2D eigenvalue weighted by Gasteiger charge is 2.19. The van der Waals surface area contributed by atoms with E-state index in [4.69, 9.17) is 0 Å². The fourth-order valence-electron chi connectivity index (χ4n) is 1.47. The van der Waals surface area contributed by atoms with Gasteiger partial charge in [0.25, 0.3) is 0 Å². The first-order valence-electron chi connectivity index (χ1n) is 5.18. The van der Waals surface area contributed by atoms with Crippen molar-refractivity contribution in [2.24, 2.45) is 0 Å². The van der Waals surface area contributed by atoms with E-state index in [1.54, 1.807) is 0 Å². The topological polar surface area (TPSA) is 12.0 Å². The lowest BCUT2D eigenvalue weighted by Crippen LogP contribution is -2.15. The zero-order chi connectivity index (χ0) is 9.80. The molecule has 1 fully saturated rings. The number of thioether (sulfide) groups is 1. The van der Waals surface area contributed by atoms with Crippen molar-refractivity contribution in [2.45, 2.75) is 31.2 Å². The zero-order valence-corrected chi connectivity index (χ0v) is 9.44. The van der Waals surface area contributed by atoms with Crippen molar-refractivity contribution in [3.63, 3.8) is 0 Å². The normalized spacial score (nSPS) is 15.8. The SMILES string of the molecule is CSCc1ccc(CNC2CC2)cc1. The molecule has 2 rings (SSSR count). The molecule has 0 atom stereocenters. The Morgan fingerprint density at radius 1 is 1.21 bits per heavy atom. The van der Waals surface area contributed by atoms with Crippen molar-refractivity contribution >= 4 is 11.8 Å². The Labute approximate surface area is 90.3 Å². The number of nitrogens with one attached hydrogen (secondary N) is 1. The number of rotatable bonds is 5. The highest BCUT2D eigenvalue weighted by molar-refractivity contribution is 7.97. The molecule has 0 saturated heterocycles. The van der Waals surface area contributed by atoms with Crippen LogP contribution in [0.25, 0.3) is 0 Å². The summed E-state index contributed by atoms with van der Waals surface area (Å²) in [5, 5.41) is 3.52. The third-order valence-electron chi connectivity index (χ3n) is 2.51. The molecule has 0 bridgehead atoms. The van der Waals surface area contributed by atoms with Crippen LogP contribution in [0.1, 0.15) is 24.0 Å². The molecule has 1 aliphatic carbocycles. The number of hydrogen-bond acceptors (Lipinski definition) is 2. The van der Waals surface area contributed by atoms with E-state index < -0.39 is 0 Å². The lowest BCUT2D eigenvalue weighted by molar-refractivity contribution is 0.688. The predicted octanol–water partition coefficient (Wildman–Crippen LogP) is 2.80. The molecule has 0 spiro atoms. The molecule has 0 aliphatic heterocycles. The largest absolute Gasteiger partial charge is 0.310 e. The molecule has 0 aromatic heterocycles. The van der Waals surface area contributed by atoms with Gasteiger partial charge in [-0.25, -0.2) is 0 Å². The Bertz CT molecular complexity index is 277. The second kappa shape index (κ2) is 4.85. The molecular weight excluding hydrogens is 190 g/mol. The minimum Gasteiger partial charge on any atom is -0.310 e. The summed E-state index contributed by atoms with van der Waals surface area (Å²) in [6.45, 7) is 1.03. The fraction of sp³-hybridized carbons (Fsp3) is 0.500.